The minimum Gasteiger partial charge on any atom is -0.497 e. The summed E-state index contributed by atoms with van der Waals surface area (Å²) in [6, 6.07) is 12.1. The molecule has 0 atom stereocenters. The fourth-order valence-electron chi connectivity index (χ4n) is 3.53. The Balaban J connectivity index is 1.52. The lowest BCUT2D eigenvalue weighted by molar-refractivity contribution is 0.415. The normalized spacial score (nSPS) is 14.2. The van der Waals surface area contributed by atoms with Crippen LogP contribution in [0.1, 0.15) is 11.3 Å². The van der Waals surface area contributed by atoms with Crippen molar-refractivity contribution in [2.75, 3.05) is 18.6 Å². The largest absolute Gasteiger partial charge is 0.497 e. The van der Waals surface area contributed by atoms with Gasteiger partial charge in [-0.1, -0.05) is 22.9 Å². The van der Waals surface area contributed by atoms with Crippen molar-refractivity contribution in [1.29, 1.82) is 0 Å². The van der Waals surface area contributed by atoms with Gasteiger partial charge in [-0.25, -0.2) is 4.98 Å². The van der Waals surface area contributed by atoms with Gasteiger partial charge in [0.1, 0.15) is 5.75 Å². The molecule has 0 bridgehead atoms. The third-order valence-electron chi connectivity index (χ3n) is 4.79. The van der Waals surface area contributed by atoms with Crippen molar-refractivity contribution in [3.63, 3.8) is 0 Å². The third-order valence-corrected chi connectivity index (χ3v) is 6.11. The molecule has 6 heteroatoms. The summed E-state index contributed by atoms with van der Waals surface area (Å²) >= 11 is 7.80. The summed E-state index contributed by atoms with van der Waals surface area (Å²) in [5, 5.41) is 3.08. The molecule has 0 radical (unpaired) electrons. The number of fused-ring (bicyclic) bond motifs is 4. The Morgan fingerprint density at radius 3 is 3.04 bits per heavy atom. The van der Waals surface area contributed by atoms with E-state index >= 15 is 0 Å². The van der Waals surface area contributed by atoms with Crippen molar-refractivity contribution in [3.8, 4) is 5.75 Å². The first-order chi connectivity index (χ1) is 12.2. The molecular formula is C19H16ClN3OS. The van der Waals surface area contributed by atoms with E-state index in [0.717, 1.165) is 45.6 Å². The molecule has 1 N–H and O–H groups in total. The molecule has 2 aromatic heterocycles. The Labute approximate surface area is 154 Å². The van der Waals surface area contributed by atoms with Gasteiger partial charge >= 0.3 is 0 Å². The third kappa shape index (κ3) is 2.46. The Morgan fingerprint density at radius 1 is 1.24 bits per heavy atom. The number of thiazole rings is 1. The van der Waals surface area contributed by atoms with Crippen LogP contribution < -0.4 is 9.64 Å². The lowest BCUT2D eigenvalue weighted by atomic mass is 10.0. The number of nitrogens with zero attached hydrogens (tertiary/aromatic N) is 2. The zero-order valence-corrected chi connectivity index (χ0v) is 15.2. The second-order valence-corrected chi connectivity index (χ2v) is 7.72. The molecule has 0 saturated carbocycles. The van der Waals surface area contributed by atoms with Crippen molar-refractivity contribution in [1.82, 2.24) is 9.97 Å². The molecule has 0 spiro atoms. The topological polar surface area (TPSA) is 41.1 Å². The van der Waals surface area contributed by atoms with Crippen LogP contribution in [0.4, 0.5) is 5.13 Å². The van der Waals surface area contributed by atoms with Gasteiger partial charge < -0.3 is 14.6 Å². The molecular weight excluding hydrogens is 354 g/mol. The van der Waals surface area contributed by atoms with Crippen molar-refractivity contribution >= 4 is 49.2 Å². The van der Waals surface area contributed by atoms with E-state index in [2.05, 4.69) is 22.0 Å². The molecule has 0 aliphatic carbocycles. The van der Waals surface area contributed by atoms with Crippen molar-refractivity contribution in [2.24, 2.45) is 0 Å². The van der Waals surface area contributed by atoms with Gasteiger partial charge in [-0.05, 0) is 48.4 Å². The fourth-order valence-corrected chi connectivity index (χ4v) is 4.80. The van der Waals surface area contributed by atoms with Gasteiger partial charge in [-0.15, -0.1) is 0 Å². The Morgan fingerprint density at radius 2 is 2.16 bits per heavy atom. The summed E-state index contributed by atoms with van der Waals surface area (Å²) in [5.41, 5.74) is 4.85. The zero-order valence-electron chi connectivity index (χ0n) is 13.7. The predicted molar refractivity (Wildman–Crippen MR) is 104 cm³/mol. The Hall–Kier alpha value is -2.24. The molecule has 0 amide bonds. The zero-order chi connectivity index (χ0) is 17.0. The van der Waals surface area contributed by atoms with Gasteiger partial charge in [0.15, 0.2) is 5.13 Å². The number of methoxy groups -OCH3 is 1. The Bertz CT molecular complexity index is 1100. The van der Waals surface area contributed by atoms with Crippen LogP contribution in [0.5, 0.6) is 5.75 Å². The second-order valence-electron chi connectivity index (χ2n) is 6.27. The van der Waals surface area contributed by atoms with Gasteiger partial charge in [0.2, 0.25) is 0 Å². The molecule has 2 aromatic carbocycles. The molecule has 0 saturated heterocycles. The Kier molecular flexibility index (Phi) is 3.40. The highest BCUT2D eigenvalue weighted by Gasteiger charge is 2.23. The maximum Gasteiger partial charge on any atom is 0.186 e. The van der Waals surface area contributed by atoms with Gasteiger partial charge in [-0.3, -0.25) is 0 Å². The van der Waals surface area contributed by atoms with Crippen molar-refractivity contribution < 1.29 is 4.74 Å². The maximum atomic E-state index is 6.10. The standard InChI is InChI=1S/C19H16ClN3OS/c1-24-12-3-5-15-14(9-12)13-6-7-23(10-17(13)21-15)19-22-16-4-2-11(20)8-18(16)25-19/h2-5,8-9,21H,6-7,10H2,1H3. The number of rotatable bonds is 2. The summed E-state index contributed by atoms with van der Waals surface area (Å²) in [6.45, 7) is 1.81. The minimum absolute atomic E-state index is 0.758. The van der Waals surface area contributed by atoms with Crippen molar-refractivity contribution in [3.05, 3.63) is 52.7 Å². The van der Waals surface area contributed by atoms with Crippen LogP contribution in [-0.4, -0.2) is 23.6 Å². The quantitative estimate of drug-likeness (QED) is 0.540. The number of aromatic amines is 1. The first-order valence-electron chi connectivity index (χ1n) is 8.20. The number of nitrogens with one attached hydrogen (secondary N) is 1. The fraction of sp³-hybridized carbons (Fsp3) is 0.211. The number of ether oxygens (including phenoxy) is 1. The number of anilines is 1. The number of benzene rings is 2. The number of aromatic nitrogens is 2. The van der Waals surface area contributed by atoms with Crippen LogP contribution in [0.2, 0.25) is 5.02 Å². The number of halogens is 1. The van der Waals surface area contributed by atoms with Gasteiger partial charge in [0.05, 0.1) is 23.9 Å². The molecule has 25 heavy (non-hydrogen) atoms. The number of hydrogen-bond donors (Lipinski definition) is 1. The van der Waals surface area contributed by atoms with Crippen LogP contribution in [0.3, 0.4) is 0 Å². The highest BCUT2D eigenvalue weighted by atomic mass is 35.5. The minimum atomic E-state index is 0.758. The van der Waals surface area contributed by atoms with E-state index in [-0.39, 0.29) is 0 Å². The summed E-state index contributed by atoms with van der Waals surface area (Å²) in [5.74, 6) is 0.903. The lowest BCUT2D eigenvalue weighted by Gasteiger charge is -2.26. The number of H-pyrrole nitrogens is 1. The molecule has 126 valence electrons. The van der Waals surface area contributed by atoms with E-state index in [1.54, 1.807) is 18.4 Å². The summed E-state index contributed by atoms with van der Waals surface area (Å²) in [4.78, 5) is 10.7. The molecule has 5 rings (SSSR count). The molecule has 4 aromatic rings. The first kappa shape index (κ1) is 15.0. The summed E-state index contributed by atoms with van der Waals surface area (Å²) < 4.78 is 6.51. The summed E-state index contributed by atoms with van der Waals surface area (Å²) in [6.07, 6.45) is 0.999. The molecule has 1 aliphatic rings. The highest BCUT2D eigenvalue weighted by molar-refractivity contribution is 7.22. The number of hydrogen-bond acceptors (Lipinski definition) is 4. The van der Waals surface area contributed by atoms with Crippen LogP contribution in [-0.2, 0) is 13.0 Å². The average Bonchev–Trinajstić information content (AvgIpc) is 3.20. The second kappa shape index (κ2) is 5.64. The monoisotopic (exact) mass is 369 g/mol. The van der Waals surface area contributed by atoms with Crippen LogP contribution in [0.25, 0.3) is 21.1 Å². The van der Waals surface area contributed by atoms with Gasteiger partial charge in [-0.2, -0.15) is 0 Å². The van der Waals surface area contributed by atoms with E-state index in [1.165, 1.54) is 22.2 Å². The van der Waals surface area contributed by atoms with E-state index in [9.17, 15) is 0 Å². The summed E-state index contributed by atoms with van der Waals surface area (Å²) in [7, 11) is 1.71. The van der Waals surface area contributed by atoms with Crippen LogP contribution in [0, 0.1) is 0 Å². The van der Waals surface area contributed by atoms with E-state index in [1.807, 2.05) is 24.3 Å². The average molecular weight is 370 g/mol. The van der Waals surface area contributed by atoms with Crippen LogP contribution >= 0.6 is 22.9 Å². The lowest BCUT2D eigenvalue weighted by Crippen LogP contribution is -2.29. The molecule has 0 fully saturated rings. The highest BCUT2D eigenvalue weighted by Crippen LogP contribution is 2.35. The SMILES string of the molecule is COc1ccc2[nH]c3c(c2c1)CCN(c1nc2ccc(Cl)cc2s1)C3. The van der Waals surface area contributed by atoms with E-state index in [0.29, 0.717) is 0 Å². The van der Waals surface area contributed by atoms with Gasteiger partial charge in [0, 0.05) is 28.2 Å². The van der Waals surface area contributed by atoms with Crippen LogP contribution in [0.15, 0.2) is 36.4 Å². The molecule has 1 aliphatic heterocycles. The first-order valence-corrected chi connectivity index (χ1v) is 9.39. The smallest absolute Gasteiger partial charge is 0.186 e. The van der Waals surface area contributed by atoms with E-state index < -0.39 is 0 Å². The molecule has 4 nitrogen and oxygen atoms in total. The molecule has 3 heterocycles. The van der Waals surface area contributed by atoms with Crippen molar-refractivity contribution in [2.45, 2.75) is 13.0 Å². The van der Waals surface area contributed by atoms with Gasteiger partial charge in [0.25, 0.3) is 0 Å². The molecule has 0 unspecified atom stereocenters. The maximum absolute atomic E-state index is 6.10. The predicted octanol–water partition coefficient (Wildman–Crippen LogP) is 5.00. The van der Waals surface area contributed by atoms with E-state index in [4.69, 9.17) is 21.3 Å².